The van der Waals surface area contributed by atoms with Crippen molar-refractivity contribution in [2.75, 3.05) is 19.5 Å². The SMILES string of the molecule is COc1ncc([C@@H](C)N(C)C(=O)Nc2ccc(F)c(Cl)c2)c2ccccc12. The van der Waals surface area contributed by atoms with E-state index in [0.29, 0.717) is 11.6 Å². The molecular formula is C20H19ClFN3O2. The van der Waals surface area contributed by atoms with Crippen molar-refractivity contribution < 1.29 is 13.9 Å². The Hall–Kier alpha value is -2.86. The number of urea groups is 1. The third kappa shape index (κ3) is 3.80. The molecule has 1 N–H and O–H groups in total. The lowest BCUT2D eigenvalue weighted by molar-refractivity contribution is 0.208. The van der Waals surface area contributed by atoms with Crippen molar-refractivity contribution in [3.63, 3.8) is 0 Å². The van der Waals surface area contributed by atoms with E-state index in [1.165, 1.54) is 18.2 Å². The summed E-state index contributed by atoms with van der Waals surface area (Å²) in [4.78, 5) is 18.5. The summed E-state index contributed by atoms with van der Waals surface area (Å²) >= 11 is 5.77. The zero-order chi connectivity index (χ0) is 19.6. The first-order valence-electron chi connectivity index (χ1n) is 8.33. The number of nitrogens with one attached hydrogen (secondary N) is 1. The minimum atomic E-state index is -0.535. The number of benzene rings is 2. The highest BCUT2D eigenvalue weighted by molar-refractivity contribution is 6.31. The monoisotopic (exact) mass is 387 g/mol. The summed E-state index contributed by atoms with van der Waals surface area (Å²) in [6, 6.07) is 11.2. The maximum atomic E-state index is 13.3. The summed E-state index contributed by atoms with van der Waals surface area (Å²) in [5, 5.41) is 4.51. The number of anilines is 1. The fourth-order valence-electron chi connectivity index (χ4n) is 2.85. The van der Waals surface area contributed by atoms with Gasteiger partial charge in [-0.2, -0.15) is 0 Å². The number of hydrogen-bond donors (Lipinski definition) is 1. The summed E-state index contributed by atoms with van der Waals surface area (Å²) in [7, 11) is 3.26. The molecular weight excluding hydrogens is 369 g/mol. The summed E-state index contributed by atoms with van der Waals surface area (Å²) in [6.45, 7) is 1.91. The molecule has 27 heavy (non-hydrogen) atoms. The van der Waals surface area contributed by atoms with E-state index in [2.05, 4.69) is 10.3 Å². The fourth-order valence-corrected chi connectivity index (χ4v) is 3.03. The predicted molar refractivity (Wildman–Crippen MR) is 105 cm³/mol. The number of pyridine rings is 1. The van der Waals surface area contributed by atoms with Crippen LogP contribution in [0.1, 0.15) is 18.5 Å². The lowest BCUT2D eigenvalue weighted by Crippen LogP contribution is -2.33. The Labute approximate surface area is 161 Å². The lowest BCUT2D eigenvalue weighted by Gasteiger charge is -2.26. The van der Waals surface area contributed by atoms with Gasteiger partial charge in [-0.3, -0.25) is 0 Å². The number of aromatic nitrogens is 1. The van der Waals surface area contributed by atoms with Gasteiger partial charge in [0.15, 0.2) is 0 Å². The molecule has 1 heterocycles. The second-order valence-electron chi connectivity index (χ2n) is 6.11. The Kier molecular flexibility index (Phi) is 5.46. The summed E-state index contributed by atoms with van der Waals surface area (Å²) in [6.07, 6.45) is 1.71. The van der Waals surface area contributed by atoms with E-state index >= 15 is 0 Å². The molecule has 0 saturated heterocycles. The van der Waals surface area contributed by atoms with Gasteiger partial charge in [-0.25, -0.2) is 14.2 Å². The Morgan fingerprint density at radius 2 is 1.96 bits per heavy atom. The molecule has 0 spiro atoms. The standard InChI is InChI=1S/C20H19ClFN3O2/c1-12(16-11-23-19(27-3)15-7-5-4-6-14(15)16)25(2)20(26)24-13-8-9-18(22)17(21)10-13/h4-12H,1-3H3,(H,24,26)/t12-/m1/s1. The van der Waals surface area contributed by atoms with Crippen molar-refractivity contribution in [3.05, 3.63) is 65.1 Å². The molecule has 3 rings (SSSR count). The first-order chi connectivity index (χ1) is 12.9. The molecule has 0 bridgehead atoms. The topological polar surface area (TPSA) is 54.5 Å². The van der Waals surface area contributed by atoms with Crippen molar-refractivity contribution in [2.24, 2.45) is 0 Å². The van der Waals surface area contributed by atoms with Crippen molar-refractivity contribution >= 4 is 34.1 Å². The van der Waals surface area contributed by atoms with Crippen LogP contribution in [0.15, 0.2) is 48.7 Å². The molecule has 2 aromatic carbocycles. The first-order valence-corrected chi connectivity index (χ1v) is 8.70. The third-order valence-electron chi connectivity index (χ3n) is 4.50. The van der Waals surface area contributed by atoms with E-state index in [9.17, 15) is 9.18 Å². The van der Waals surface area contributed by atoms with E-state index < -0.39 is 5.82 Å². The molecule has 0 aliphatic rings. The van der Waals surface area contributed by atoms with Crippen molar-refractivity contribution in [3.8, 4) is 5.88 Å². The summed E-state index contributed by atoms with van der Waals surface area (Å²) < 4.78 is 18.6. The molecule has 1 atom stereocenters. The molecule has 1 aromatic heterocycles. The Morgan fingerprint density at radius 1 is 1.26 bits per heavy atom. The minimum Gasteiger partial charge on any atom is -0.481 e. The molecule has 0 aliphatic carbocycles. The van der Waals surface area contributed by atoms with Crippen LogP contribution in [0.4, 0.5) is 14.9 Å². The maximum absolute atomic E-state index is 13.3. The van der Waals surface area contributed by atoms with E-state index in [-0.39, 0.29) is 17.1 Å². The zero-order valence-electron chi connectivity index (χ0n) is 15.2. The maximum Gasteiger partial charge on any atom is 0.322 e. The first kappa shape index (κ1) is 18.9. The average Bonchev–Trinajstić information content (AvgIpc) is 2.68. The van der Waals surface area contributed by atoms with Crippen LogP contribution in [-0.2, 0) is 0 Å². The lowest BCUT2D eigenvalue weighted by atomic mass is 10.0. The highest BCUT2D eigenvalue weighted by Gasteiger charge is 2.21. The van der Waals surface area contributed by atoms with Gasteiger partial charge in [-0.05, 0) is 36.6 Å². The van der Waals surface area contributed by atoms with Crippen molar-refractivity contribution in [2.45, 2.75) is 13.0 Å². The molecule has 0 radical (unpaired) electrons. The van der Waals surface area contributed by atoms with Gasteiger partial charge >= 0.3 is 6.03 Å². The van der Waals surface area contributed by atoms with Gasteiger partial charge in [0.1, 0.15) is 5.82 Å². The van der Waals surface area contributed by atoms with Gasteiger partial charge in [0.2, 0.25) is 5.88 Å². The Balaban J connectivity index is 1.86. The smallest absolute Gasteiger partial charge is 0.322 e. The fraction of sp³-hybridized carbons (Fsp3) is 0.200. The number of hydrogen-bond acceptors (Lipinski definition) is 3. The number of carbonyl (C=O) groups is 1. The van der Waals surface area contributed by atoms with Gasteiger partial charge < -0.3 is 15.0 Å². The van der Waals surface area contributed by atoms with Gasteiger partial charge in [0.25, 0.3) is 0 Å². The molecule has 7 heteroatoms. The van der Waals surface area contributed by atoms with Crippen LogP contribution in [0.3, 0.4) is 0 Å². The molecule has 0 unspecified atom stereocenters. The van der Waals surface area contributed by atoms with Gasteiger partial charge in [0.05, 0.1) is 18.2 Å². The highest BCUT2D eigenvalue weighted by atomic mass is 35.5. The van der Waals surface area contributed by atoms with Crippen LogP contribution in [0.5, 0.6) is 5.88 Å². The highest BCUT2D eigenvalue weighted by Crippen LogP contribution is 2.31. The van der Waals surface area contributed by atoms with Crippen LogP contribution < -0.4 is 10.1 Å². The number of methoxy groups -OCH3 is 1. The van der Waals surface area contributed by atoms with E-state index in [1.807, 2.05) is 31.2 Å². The molecule has 5 nitrogen and oxygen atoms in total. The number of rotatable bonds is 4. The normalized spacial score (nSPS) is 11.9. The second kappa shape index (κ2) is 7.80. The number of fused-ring (bicyclic) bond motifs is 1. The van der Waals surface area contributed by atoms with E-state index in [1.54, 1.807) is 25.3 Å². The number of ether oxygens (including phenoxy) is 1. The number of carbonyl (C=O) groups excluding carboxylic acids is 1. The Bertz CT molecular complexity index is 996. The molecule has 0 aliphatic heterocycles. The summed E-state index contributed by atoms with van der Waals surface area (Å²) in [5.41, 5.74) is 1.31. The van der Waals surface area contributed by atoms with Crippen molar-refractivity contribution in [1.82, 2.24) is 9.88 Å². The number of amides is 2. The molecule has 2 amide bonds. The molecule has 0 saturated carbocycles. The number of halogens is 2. The third-order valence-corrected chi connectivity index (χ3v) is 4.79. The van der Waals surface area contributed by atoms with Crippen LogP contribution in [0, 0.1) is 5.82 Å². The van der Waals surface area contributed by atoms with Gasteiger partial charge in [0, 0.05) is 29.9 Å². The summed E-state index contributed by atoms with van der Waals surface area (Å²) in [5.74, 6) is 0.00164. The van der Waals surface area contributed by atoms with Gasteiger partial charge in [-0.1, -0.05) is 29.8 Å². The predicted octanol–water partition coefficient (Wildman–Crippen LogP) is 5.26. The Morgan fingerprint density at radius 3 is 2.63 bits per heavy atom. The van der Waals surface area contributed by atoms with Crippen LogP contribution in [-0.4, -0.2) is 30.1 Å². The quantitative estimate of drug-likeness (QED) is 0.664. The van der Waals surface area contributed by atoms with Crippen LogP contribution >= 0.6 is 11.6 Å². The second-order valence-corrected chi connectivity index (χ2v) is 6.52. The molecule has 0 fully saturated rings. The largest absolute Gasteiger partial charge is 0.481 e. The van der Waals surface area contributed by atoms with Crippen LogP contribution in [0.25, 0.3) is 10.8 Å². The van der Waals surface area contributed by atoms with E-state index in [0.717, 1.165) is 16.3 Å². The molecule has 140 valence electrons. The number of nitrogens with zero attached hydrogens (tertiary/aromatic N) is 2. The zero-order valence-corrected chi connectivity index (χ0v) is 15.9. The van der Waals surface area contributed by atoms with Crippen LogP contribution in [0.2, 0.25) is 5.02 Å². The van der Waals surface area contributed by atoms with E-state index in [4.69, 9.17) is 16.3 Å². The van der Waals surface area contributed by atoms with Crippen molar-refractivity contribution in [1.29, 1.82) is 0 Å². The molecule has 3 aromatic rings. The average molecular weight is 388 g/mol. The minimum absolute atomic E-state index is 0.0474. The van der Waals surface area contributed by atoms with Gasteiger partial charge in [-0.15, -0.1) is 0 Å².